The summed E-state index contributed by atoms with van der Waals surface area (Å²) in [5.74, 6) is -0.0813. The Labute approximate surface area is 113 Å². The standard InChI is InChI=1S/C14H19ClO3/c1-3-4-9-17-10-18-14(11(2)16)12-7-5-6-8-13(12)15/h5-8,14H,3-4,9-10H2,1-2H3. The Bertz CT molecular complexity index is 379. The number of halogens is 1. The van der Waals surface area contributed by atoms with Gasteiger partial charge >= 0.3 is 0 Å². The number of carbonyl (C=O) groups is 1. The van der Waals surface area contributed by atoms with Crippen LogP contribution in [0.15, 0.2) is 24.3 Å². The molecule has 0 amide bonds. The second kappa shape index (κ2) is 8.25. The normalized spacial score (nSPS) is 12.4. The zero-order chi connectivity index (χ0) is 13.4. The quantitative estimate of drug-likeness (QED) is 0.533. The Hall–Kier alpha value is -0.900. The van der Waals surface area contributed by atoms with Crippen LogP contribution in [0.2, 0.25) is 5.02 Å². The highest BCUT2D eigenvalue weighted by molar-refractivity contribution is 6.31. The average molecular weight is 271 g/mol. The number of ketones is 1. The zero-order valence-corrected chi connectivity index (χ0v) is 11.6. The van der Waals surface area contributed by atoms with E-state index in [9.17, 15) is 4.79 Å². The molecule has 0 saturated carbocycles. The van der Waals surface area contributed by atoms with Crippen LogP contribution in [0.3, 0.4) is 0 Å². The zero-order valence-electron chi connectivity index (χ0n) is 10.8. The minimum Gasteiger partial charge on any atom is -0.355 e. The lowest BCUT2D eigenvalue weighted by atomic mass is 10.1. The molecular weight excluding hydrogens is 252 g/mol. The summed E-state index contributed by atoms with van der Waals surface area (Å²) in [4.78, 5) is 11.6. The predicted octanol–water partition coefficient (Wildman–Crippen LogP) is 3.76. The van der Waals surface area contributed by atoms with Gasteiger partial charge in [-0.25, -0.2) is 0 Å². The van der Waals surface area contributed by atoms with Gasteiger partial charge in [-0.2, -0.15) is 0 Å². The van der Waals surface area contributed by atoms with E-state index < -0.39 is 6.10 Å². The van der Waals surface area contributed by atoms with Crippen molar-refractivity contribution in [2.45, 2.75) is 32.8 Å². The third-order valence-electron chi connectivity index (χ3n) is 2.52. The van der Waals surface area contributed by atoms with Crippen LogP contribution in [0.5, 0.6) is 0 Å². The minimum atomic E-state index is -0.652. The van der Waals surface area contributed by atoms with E-state index in [2.05, 4.69) is 6.92 Å². The number of unbranched alkanes of at least 4 members (excludes halogenated alkanes) is 1. The van der Waals surface area contributed by atoms with Crippen molar-refractivity contribution < 1.29 is 14.3 Å². The van der Waals surface area contributed by atoms with Gasteiger partial charge in [0.05, 0.1) is 0 Å². The van der Waals surface area contributed by atoms with Crippen molar-refractivity contribution in [3.8, 4) is 0 Å². The van der Waals surface area contributed by atoms with Gasteiger partial charge in [-0.05, 0) is 19.4 Å². The topological polar surface area (TPSA) is 35.5 Å². The fourth-order valence-corrected chi connectivity index (χ4v) is 1.77. The van der Waals surface area contributed by atoms with E-state index in [1.54, 1.807) is 12.1 Å². The molecule has 1 aromatic rings. The number of hydrogen-bond donors (Lipinski definition) is 0. The maximum absolute atomic E-state index is 11.6. The number of ether oxygens (including phenoxy) is 2. The van der Waals surface area contributed by atoms with E-state index in [1.807, 2.05) is 12.1 Å². The van der Waals surface area contributed by atoms with Crippen molar-refractivity contribution in [1.29, 1.82) is 0 Å². The van der Waals surface area contributed by atoms with E-state index in [0.717, 1.165) is 12.8 Å². The Morgan fingerprint density at radius 3 is 2.72 bits per heavy atom. The molecule has 4 heteroatoms. The molecule has 0 N–H and O–H groups in total. The molecule has 0 aliphatic carbocycles. The summed E-state index contributed by atoms with van der Waals surface area (Å²) in [7, 11) is 0. The highest BCUT2D eigenvalue weighted by Gasteiger charge is 2.19. The molecule has 1 aromatic carbocycles. The van der Waals surface area contributed by atoms with Gasteiger partial charge in [0.15, 0.2) is 5.78 Å². The summed E-state index contributed by atoms with van der Waals surface area (Å²) in [6.45, 7) is 4.32. The van der Waals surface area contributed by atoms with Crippen LogP contribution in [-0.2, 0) is 14.3 Å². The van der Waals surface area contributed by atoms with E-state index in [1.165, 1.54) is 6.92 Å². The second-order valence-electron chi connectivity index (χ2n) is 4.06. The molecule has 3 nitrogen and oxygen atoms in total. The molecule has 1 unspecified atom stereocenters. The fourth-order valence-electron chi connectivity index (χ4n) is 1.54. The highest BCUT2D eigenvalue weighted by Crippen LogP contribution is 2.26. The first-order valence-corrected chi connectivity index (χ1v) is 6.48. The minimum absolute atomic E-state index is 0.0813. The summed E-state index contributed by atoms with van der Waals surface area (Å²) in [6, 6.07) is 7.19. The van der Waals surface area contributed by atoms with Crippen LogP contribution >= 0.6 is 11.6 Å². The van der Waals surface area contributed by atoms with Crippen LogP contribution in [0.4, 0.5) is 0 Å². The predicted molar refractivity (Wildman–Crippen MR) is 71.7 cm³/mol. The molecule has 1 atom stereocenters. The van der Waals surface area contributed by atoms with E-state index in [-0.39, 0.29) is 12.6 Å². The molecule has 18 heavy (non-hydrogen) atoms. The number of rotatable bonds is 8. The van der Waals surface area contributed by atoms with Gasteiger partial charge < -0.3 is 9.47 Å². The maximum Gasteiger partial charge on any atom is 0.163 e. The molecule has 100 valence electrons. The van der Waals surface area contributed by atoms with Crippen molar-refractivity contribution in [2.24, 2.45) is 0 Å². The van der Waals surface area contributed by atoms with Crippen molar-refractivity contribution in [3.05, 3.63) is 34.9 Å². The Morgan fingerprint density at radius 1 is 1.39 bits per heavy atom. The largest absolute Gasteiger partial charge is 0.355 e. The van der Waals surface area contributed by atoms with E-state index in [4.69, 9.17) is 21.1 Å². The van der Waals surface area contributed by atoms with E-state index in [0.29, 0.717) is 17.2 Å². The molecule has 0 aromatic heterocycles. The summed E-state index contributed by atoms with van der Waals surface area (Å²) in [6.07, 6.45) is 1.40. The van der Waals surface area contributed by atoms with Gasteiger partial charge in [0, 0.05) is 17.2 Å². The number of hydrogen-bond acceptors (Lipinski definition) is 3. The molecular formula is C14H19ClO3. The monoisotopic (exact) mass is 270 g/mol. The molecule has 0 bridgehead atoms. The molecule has 0 heterocycles. The van der Waals surface area contributed by atoms with E-state index >= 15 is 0 Å². The van der Waals surface area contributed by atoms with Gasteiger partial charge in [-0.1, -0.05) is 43.1 Å². The molecule has 1 rings (SSSR count). The average Bonchev–Trinajstić information content (AvgIpc) is 2.35. The van der Waals surface area contributed by atoms with Crippen LogP contribution in [0.25, 0.3) is 0 Å². The second-order valence-corrected chi connectivity index (χ2v) is 4.47. The van der Waals surface area contributed by atoms with Crippen molar-refractivity contribution in [2.75, 3.05) is 13.4 Å². The lowest BCUT2D eigenvalue weighted by molar-refractivity contribution is -0.141. The molecule has 0 aliphatic heterocycles. The summed E-state index contributed by atoms with van der Waals surface area (Å²) >= 11 is 6.05. The van der Waals surface area contributed by atoms with Gasteiger partial charge in [0.2, 0.25) is 0 Å². The lowest BCUT2D eigenvalue weighted by Gasteiger charge is -2.16. The first-order valence-electron chi connectivity index (χ1n) is 6.11. The summed E-state index contributed by atoms with van der Waals surface area (Å²) in [5, 5.41) is 0.534. The van der Waals surface area contributed by atoms with Gasteiger partial charge in [-0.3, -0.25) is 4.79 Å². The van der Waals surface area contributed by atoms with Crippen LogP contribution < -0.4 is 0 Å². The van der Waals surface area contributed by atoms with Crippen molar-refractivity contribution >= 4 is 17.4 Å². The first-order chi connectivity index (χ1) is 8.66. The first kappa shape index (κ1) is 15.2. The highest BCUT2D eigenvalue weighted by atomic mass is 35.5. The summed E-state index contributed by atoms with van der Waals surface area (Å²) < 4.78 is 10.8. The molecule has 0 saturated heterocycles. The van der Waals surface area contributed by atoms with Gasteiger partial charge in [0.25, 0.3) is 0 Å². The fraction of sp³-hybridized carbons (Fsp3) is 0.500. The number of benzene rings is 1. The Kier molecular flexibility index (Phi) is 6.94. The Morgan fingerprint density at radius 2 is 2.11 bits per heavy atom. The van der Waals surface area contributed by atoms with Gasteiger partial charge in [-0.15, -0.1) is 0 Å². The number of Topliss-reactive ketones (excluding diaryl/α,β-unsaturated/α-hetero) is 1. The van der Waals surface area contributed by atoms with Crippen LogP contribution in [0, 0.1) is 0 Å². The third-order valence-corrected chi connectivity index (χ3v) is 2.86. The molecule has 0 fully saturated rings. The molecule has 0 aliphatic rings. The van der Waals surface area contributed by atoms with Crippen LogP contribution in [0.1, 0.15) is 38.4 Å². The maximum atomic E-state index is 11.6. The van der Waals surface area contributed by atoms with Crippen LogP contribution in [-0.4, -0.2) is 19.2 Å². The van der Waals surface area contributed by atoms with Gasteiger partial charge in [0.1, 0.15) is 12.9 Å². The summed E-state index contributed by atoms with van der Waals surface area (Å²) in [5.41, 5.74) is 0.686. The molecule has 0 radical (unpaired) electrons. The SMILES string of the molecule is CCCCOCOC(C(C)=O)c1ccccc1Cl. The van der Waals surface area contributed by atoms with Crippen molar-refractivity contribution in [1.82, 2.24) is 0 Å². The van der Waals surface area contributed by atoms with Crippen molar-refractivity contribution in [3.63, 3.8) is 0 Å². The lowest BCUT2D eigenvalue weighted by Crippen LogP contribution is -2.15. The number of carbonyl (C=O) groups excluding carboxylic acids is 1. The molecule has 0 spiro atoms. The third kappa shape index (κ3) is 4.77. The smallest absolute Gasteiger partial charge is 0.163 e. The Balaban J connectivity index is 2.56.